The Kier molecular flexibility index (Phi) is 7.04. The van der Waals surface area contributed by atoms with Crippen LogP contribution in [-0.2, 0) is 0 Å². The number of halogens is 6. The fourth-order valence-corrected chi connectivity index (χ4v) is 2.94. The number of hydrogen-bond donors (Lipinski definition) is 0. The van der Waals surface area contributed by atoms with E-state index in [1.807, 2.05) is 5.92 Å². The van der Waals surface area contributed by atoms with Crippen LogP contribution in [0, 0.1) is 29.8 Å². The maximum Gasteiger partial charge on any atom is 0.446 e. The number of terminal acetylenes is 1. The van der Waals surface area contributed by atoms with E-state index in [2.05, 4.69) is 0 Å². The van der Waals surface area contributed by atoms with Gasteiger partial charge in [0.1, 0.15) is 5.82 Å². The molecule has 0 atom stereocenters. The normalized spacial score (nSPS) is 11.0. The summed E-state index contributed by atoms with van der Waals surface area (Å²) in [4.78, 5) is 25.7. The van der Waals surface area contributed by atoms with Gasteiger partial charge >= 0.3 is 11.5 Å². The second-order valence-electron chi connectivity index (χ2n) is 5.70. The molecule has 0 N–H and O–H groups in total. The third-order valence-corrected chi connectivity index (χ3v) is 4.43. The molecule has 0 bridgehead atoms. The van der Waals surface area contributed by atoms with E-state index in [1.54, 1.807) is 0 Å². The van der Waals surface area contributed by atoms with E-state index in [9.17, 15) is 35.9 Å². The van der Waals surface area contributed by atoms with Crippen LogP contribution in [0.3, 0.4) is 0 Å². The third-order valence-electron chi connectivity index (χ3n) is 3.71. The minimum atomic E-state index is -4.64. The van der Waals surface area contributed by atoms with Crippen molar-refractivity contribution in [1.82, 2.24) is 4.90 Å². The van der Waals surface area contributed by atoms with E-state index in [0.29, 0.717) is 15.9 Å². The van der Waals surface area contributed by atoms with Crippen LogP contribution in [0.15, 0.2) is 41.3 Å². The van der Waals surface area contributed by atoms with Gasteiger partial charge in [0.15, 0.2) is 11.6 Å². The number of imide groups is 1. The third kappa shape index (κ3) is 5.27. The van der Waals surface area contributed by atoms with E-state index >= 15 is 0 Å². The fourth-order valence-electron chi connectivity index (χ4n) is 2.37. The minimum absolute atomic E-state index is 0.371. The average Bonchev–Trinajstić information content (AvgIpc) is 2.65. The van der Waals surface area contributed by atoms with Gasteiger partial charge in [0, 0.05) is 11.9 Å². The van der Waals surface area contributed by atoms with Crippen LogP contribution in [0.1, 0.15) is 10.4 Å². The van der Waals surface area contributed by atoms with E-state index < -0.39 is 69.4 Å². The molecule has 2 aromatic rings. The smallest absolute Gasteiger partial charge is 0.294 e. The molecule has 0 saturated carbocycles. The van der Waals surface area contributed by atoms with Gasteiger partial charge in [-0.15, -0.1) is 6.42 Å². The zero-order valence-corrected chi connectivity index (χ0v) is 16.0. The number of anilines is 1. The monoisotopic (exact) mass is 446 g/mol. The Bertz CT molecular complexity index is 1020. The Hall–Kier alpha value is -3.13. The molecule has 158 valence electrons. The fraction of sp³-hybridized carbons (Fsp3) is 0.158. The lowest BCUT2D eigenvalue weighted by Gasteiger charge is -2.26. The molecule has 0 saturated heterocycles. The molecule has 0 fully saturated rings. The highest BCUT2D eigenvalue weighted by atomic mass is 32.2. The van der Waals surface area contributed by atoms with Crippen molar-refractivity contribution in [1.29, 1.82) is 0 Å². The summed E-state index contributed by atoms with van der Waals surface area (Å²) >= 11 is -0.548. The number of nitrogens with zero attached hydrogens (tertiary/aromatic N) is 2. The van der Waals surface area contributed by atoms with Crippen molar-refractivity contribution >= 4 is 29.4 Å². The second kappa shape index (κ2) is 9.13. The molecule has 0 unspecified atom stereocenters. The van der Waals surface area contributed by atoms with E-state index in [1.165, 1.54) is 0 Å². The summed E-state index contributed by atoms with van der Waals surface area (Å²) in [5.41, 5.74) is -5.87. The molecule has 0 radical (unpaired) electrons. The first-order valence-corrected chi connectivity index (χ1v) is 8.80. The highest BCUT2D eigenvalue weighted by Crippen LogP contribution is 2.38. The van der Waals surface area contributed by atoms with Gasteiger partial charge < -0.3 is 0 Å². The maximum atomic E-state index is 14.3. The highest BCUT2D eigenvalue weighted by molar-refractivity contribution is 8.00. The van der Waals surface area contributed by atoms with Crippen LogP contribution >= 0.6 is 11.8 Å². The van der Waals surface area contributed by atoms with Crippen LogP contribution in [0.5, 0.6) is 0 Å². The van der Waals surface area contributed by atoms with Gasteiger partial charge in [0.05, 0.1) is 17.8 Å². The lowest BCUT2D eigenvalue weighted by molar-refractivity contribution is -0.0328. The molecular weight excluding hydrogens is 434 g/mol. The van der Waals surface area contributed by atoms with Crippen LogP contribution in [0.25, 0.3) is 0 Å². The van der Waals surface area contributed by atoms with Gasteiger partial charge in [0.25, 0.3) is 5.91 Å². The van der Waals surface area contributed by atoms with Gasteiger partial charge in [0.2, 0.25) is 0 Å². The summed E-state index contributed by atoms with van der Waals surface area (Å²) in [6.07, 6.45) is 5.13. The van der Waals surface area contributed by atoms with Crippen molar-refractivity contribution < 1.29 is 35.9 Å². The van der Waals surface area contributed by atoms with E-state index in [4.69, 9.17) is 6.42 Å². The summed E-state index contributed by atoms with van der Waals surface area (Å²) in [6, 6.07) is 3.95. The molecule has 0 spiro atoms. The van der Waals surface area contributed by atoms with Gasteiger partial charge in [-0.05, 0) is 42.1 Å². The quantitative estimate of drug-likeness (QED) is 0.375. The number of amides is 3. The Morgan fingerprint density at radius 2 is 1.77 bits per heavy atom. The molecular formula is C19H12F6N2O2S. The molecule has 2 rings (SSSR count). The van der Waals surface area contributed by atoms with Crippen LogP contribution in [0.4, 0.5) is 36.8 Å². The van der Waals surface area contributed by atoms with Crippen LogP contribution in [0.2, 0.25) is 0 Å². The van der Waals surface area contributed by atoms with Crippen molar-refractivity contribution in [2.24, 2.45) is 0 Å². The summed E-state index contributed by atoms with van der Waals surface area (Å²) in [6.45, 7) is -0.651. The topological polar surface area (TPSA) is 40.6 Å². The summed E-state index contributed by atoms with van der Waals surface area (Å²) in [5.74, 6) is -3.27. The maximum absolute atomic E-state index is 14.3. The van der Waals surface area contributed by atoms with Crippen molar-refractivity contribution in [3.05, 3.63) is 59.4 Å². The number of urea groups is 1. The lowest BCUT2D eigenvalue weighted by Crippen LogP contribution is -2.45. The zero-order valence-electron chi connectivity index (χ0n) is 15.1. The molecule has 0 heterocycles. The number of carbonyl (C=O) groups excluding carboxylic acids is 2. The molecule has 2 aromatic carbocycles. The molecule has 0 aliphatic rings. The second-order valence-corrected chi connectivity index (χ2v) is 6.84. The van der Waals surface area contributed by atoms with Crippen molar-refractivity contribution in [3.63, 3.8) is 0 Å². The van der Waals surface area contributed by atoms with E-state index in [0.717, 1.165) is 37.4 Å². The lowest BCUT2D eigenvalue weighted by atomic mass is 10.1. The van der Waals surface area contributed by atoms with Gasteiger partial charge in [-0.2, -0.15) is 13.2 Å². The highest BCUT2D eigenvalue weighted by Gasteiger charge is 2.31. The van der Waals surface area contributed by atoms with Crippen LogP contribution < -0.4 is 4.90 Å². The largest absolute Gasteiger partial charge is 0.446 e. The first-order chi connectivity index (χ1) is 14.0. The minimum Gasteiger partial charge on any atom is -0.294 e. The Labute approximate surface area is 171 Å². The summed E-state index contributed by atoms with van der Waals surface area (Å²) in [7, 11) is 1.04. The molecule has 30 heavy (non-hydrogen) atoms. The standard InChI is InChI=1S/C19H12F6N2O2S/c1-3-9-27(17(28)12-5-4-6-13(20)16(12)22)18(29)26(2)15-8-7-11(10-14(15)21)30-19(23,24)25/h1,4-8,10H,9H2,2H3. The first-order valence-electron chi connectivity index (χ1n) is 7.98. The van der Waals surface area contributed by atoms with Gasteiger partial charge in [-0.25, -0.2) is 22.9 Å². The van der Waals surface area contributed by atoms with Gasteiger partial charge in [-0.1, -0.05) is 12.0 Å². The molecule has 0 aliphatic heterocycles. The number of alkyl halides is 3. The van der Waals surface area contributed by atoms with Crippen molar-refractivity contribution in [2.45, 2.75) is 10.4 Å². The van der Waals surface area contributed by atoms with Crippen LogP contribution in [-0.4, -0.2) is 35.9 Å². The molecule has 0 aromatic heterocycles. The zero-order chi connectivity index (χ0) is 22.6. The Morgan fingerprint density at radius 1 is 1.10 bits per heavy atom. The first kappa shape index (κ1) is 23.2. The Morgan fingerprint density at radius 3 is 2.33 bits per heavy atom. The van der Waals surface area contributed by atoms with Gasteiger partial charge in [-0.3, -0.25) is 9.69 Å². The summed E-state index contributed by atoms with van der Waals surface area (Å²) in [5, 5.41) is 0. The number of rotatable bonds is 4. The van der Waals surface area contributed by atoms with Crippen molar-refractivity contribution in [3.8, 4) is 12.3 Å². The molecule has 11 heteroatoms. The predicted molar refractivity (Wildman–Crippen MR) is 98.3 cm³/mol. The number of thioether (sulfide) groups is 1. The molecule has 4 nitrogen and oxygen atoms in total. The SMILES string of the molecule is C#CCN(C(=O)c1cccc(F)c1F)C(=O)N(C)c1ccc(SC(F)(F)F)cc1F. The number of carbonyl (C=O) groups is 2. The average molecular weight is 446 g/mol. The van der Waals surface area contributed by atoms with E-state index in [-0.39, 0.29) is 0 Å². The predicted octanol–water partition coefficient (Wildman–Crippen LogP) is 5.05. The summed E-state index contributed by atoms with van der Waals surface area (Å²) < 4.78 is 78.9. The Balaban J connectivity index is 2.34. The number of hydrogen-bond acceptors (Lipinski definition) is 3. The van der Waals surface area contributed by atoms with Crippen molar-refractivity contribution in [2.75, 3.05) is 18.5 Å². The molecule has 0 aliphatic carbocycles. The molecule has 3 amide bonds. The number of benzene rings is 2.